The molecule has 0 radical (unpaired) electrons. The molecular formula is C17H17BrN2. The van der Waals surface area contributed by atoms with Crippen molar-refractivity contribution in [2.45, 2.75) is 12.5 Å². The van der Waals surface area contributed by atoms with Gasteiger partial charge in [0, 0.05) is 40.6 Å². The van der Waals surface area contributed by atoms with Gasteiger partial charge in [-0.3, -0.25) is 0 Å². The summed E-state index contributed by atoms with van der Waals surface area (Å²) in [5.74, 6) is 0.332. The molecule has 0 saturated heterocycles. The lowest BCUT2D eigenvalue weighted by atomic mass is 9.99. The van der Waals surface area contributed by atoms with Gasteiger partial charge in [-0.25, -0.2) is 0 Å². The Morgan fingerprint density at radius 3 is 2.45 bits per heavy atom. The number of aromatic nitrogens is 1. The average molecular weight is 329 g/mol. The third-order valence-electron chi connectivity index (χ3n) is 3.71. The van der Waals surface area contributed by atoms with E-state index in [-0.39, 0.29) is 0 Å². The number of halogens is 1. The topological polar surface area (TPSA) is 30.9 Å². The smallest absolute Gasteiger partial charge is 0.0492 e. The maximum Gasteiger partial charge on any atom is 0.0492 e. The van der Waals surface area contributed by atoms with Crippen molar-refractivity contribution in [3.63, 3.8) is 0 Å². The highest BCUT2D eigenvalue weighted by Gasteiger charge is 2.13. The van der Waals surface area contributed by atoms with Gasteiger partial charge in [0.05, 0.1) is 0 Å². The molecular weight excluding hydrogens is 312 g/mol. The zero-order valence-corrected chi connectivity index (χ0v) is 12.8. The molecule has 3 rings (SSSR count). The summed E-state index contributed by atoms with van der Waals surface area (Å²) in [6, 6.07) is 18.9. The summed E-state index contributed by atoms with van der Waals surface area (Å²) in [5.41, 5.74) is 8.52. The molecule has 0 bridgehead atoms. The number of fused-ring (bicyclic) bond motifs is 1. The summed E-state index contributed by atoms with van der Waals surface area (Å²) in [6.45, 7) is 1.54. The van der Waals surface area contributed by atoms with E-state index in [4.69, 9.17) is 5.73 Å². The van der Waals surface area contributed by atoms with Crippen molar-refractivity contribution in [2.75, 3.05) is 6.54 Å². The van der Waals surface area contributed by atoms with Crippen molar-refractivity contribution < 1.29 is 0 Å². The van der Waals surface area contributed by atoms with Crippen LogP contribution in [0, 0.1) is 0 Å². The van der Waals surface area contributed by atoms with E-state index >= 15 is 0 Å². The largest absolute Gasteiger partial charge is 0.346 e. The maximum absolute atomic E-state index is 5.98. The molecule has 1 atom stereocenters. The van der Waals surface area contributed by atoms with E-state index in [0.717, 1.165) is 11.0 Å². The van der Waals surface area contributed by atoms with Gasteiger partial charge in [-0.1, -0.05) is 48.5 Å². The van der Waals surface area contributed by atoms with Gasteiger partial charge in [-0.05, 0) is 27.6 Å². The molecule has 0 fully saturated rings. The molecule has 3 aromatic rings. The van der Waals surface area contributed by atoms with Gasteiger partial charge in [0.25, 0.3) is 0 Å². The normalized spacial score (nSPS) is 12.7. The molecule has 2 nitrogen and oxygen atoms in total. The van der Waals surface area contributed by atoms with E-state index in [1.807, 2.05) is 6.07 Å². The third kappa shape index (κ3) is 2.51. The van der Waals surface area contributed by atoms with Gasteiger partial charge >= 0.3 is 0 Å². The number of hydrogen-bond acceptors (Lipinski definition) is 1. The Labute approximate surface area is 127 Å². The van der Waals surface area contributed by atoms with Gasteiger partial charge in [-0.15, -0.1) is 0 Å². The minimum atomic E-state index is 0.332. The Morgan fingerprint density at radius 1 is 1.00 bits per heavy atom. The Morgan fingerprint density at radius 2 is 1.70 bits per heavy atom. The second-order valence-electron chi connectivity index (χ2n) is 4.99. The zero-order chi connectivity index (χ0) is 13.9. The molecule has 3 heteroatoms. The third-order valence-corrected chi connectivity index (χ3v) is 4.34. The fraction of sp³-hybridized carbons (Fsp3) is 0.176. The van der Waals surface area contributed by atoms with Crippen LogP contribution in [0.5, 0.6) is 0 Å². The minimum absolute atomic E-state index is 0.332. The molecule has 0 aliphatic heterocycles. The summed E-state index contributed by atoms with van der Waals surface area (Å²) in [6.07, 6.45) is 2.15. The predicted octanol–water partition coefficient (Wildman–Crippen LogP) is 4.15. The molecule has 20 heavy (non-hydrogen) atoms. The van der Waals surface area contributed by atoms with Crippen LogP contribution < -0.4 is 5.73 Å². The highest BCUT2D eigenvalue weighted by Crippen LogP contribution is 2.28. The molecule has 0 amide bonds. The van der Waals surface area contributed by atoms with Gasteiger partial charge < -0.3 is 10.3 Å². The van der Waals surface area contributed by atoms with E-state index in [1.165, 1.54) is 16.5 Å². The molecule has 2 N–H and O–H groups in total. The number of para-hydroxylation sites is 1. The Balaban J connectivity index is 1.96. The standard InChI is InChI=1S/C17H17BrN2/c18-16-12-20(17-9-5-4-8-15(16)17)11-14(10-19)13-6-2-1-3-7-13/h1-9,12,14H,10-11,19H2. The highest BCUT2D eigenvalue weighted by atomic mass is 79.9. The first-order valence-electron chi connectivity index (χ1n) is 6.78. The van der Waals surface area contributed by atoms with Crippen molar-refractivity contribution in [3.8, 4) is 0 Å². The van der Waals surface area contributed by atoms with E-state index in [2.05, 4.69) is 75.2 Å². The lowest BCUT2D eigenvalue weighted by Gasteiger charge is -2.17. The molecule has 1 unspecified atom stereocenters. The van der Waals surface area contributed by atoms with Crippen molar-refractivity contribution in [1.29, 1.82) is 0 Å². The van der Waals surface area contributed by atoms with Gasteiger partial charge in [-0.2, -0.15) is 0 Å². The Bertz CT molecular complexity index is 703. The van der Waals surface area contributed by atoms with E-state index in [1.54, 1.807) is 0 Å². The monoisotopic (exact) mass is 328 g/mol. The lowest BCUT2D eigenvalue weighted by Crippen LogP contribution is -2.18. The molecule has 0 spiro atoms. The van der Waals surface area contributed by atoms with Gasteiger partial charge in [0.2, 0.25) is 0 Å². The second-order valence-corrected chi connectivity index (χ2v) is 5.84. The fourth-order valence-corrected chi connectivity index (χ4v) is 3.21. The summed E-state index contributed by atoms with van der Waals surface area (Å²) >= 11 is 3.63. The van der Waals surface area contributed by atoms with Crippen molar-refractivity contribution in [2.24, 2.45) is 5.73 Å². The van der Waals surface area contributed by atoms with Crippen LogP contribution in [0.2, 0.25) is 0 Å². The number of nitrogens with zero attached hydrogens (tertiary/aromatic N) is 1. The Hall–Kier alpha value is -1.58. The summed E-state index contributed by atoms with van der Waals surface area (Å²) in [4.78, 5) is 0. The van der Waals surface area contributed by atoms with E-state index < -0.39 is 0 Å². The summed E-state index contributed by atoms with van der Waals surface area (Å²) < 4.78 is 3.42. The van der Waals surface area contributed by atoms with Crippen LogP contribution in [-0.2, 0) is 6.54 Å². The maximum atomic E-state index is 5.98. The van der Waals surface area contributed by atoms with Crippen molar-refractivity contribution >= 4 is 26.8 Å². The van der Waals surface area contributed by atoms with Gasteiger partial charge in [0.1, 0.15) is 0 Å². The molecule has 0 aliphatic carbocycles. The van der Waals surface area contributed by atoms with Crippen LogP contribution in [0.4, 0.5) is 0 Å². The van der Waals surface area contributed by atoms with Crippen molar-refractivity contribution in [1.82, 2.24) is 4.57 Å². The Kier molecular flexibility index (Phi) is 3.90. The number of rotatable bonds is 4. The number of nitrogens with two attached hydrogens (primary N) is 1. The summed E-state index contributed by atoms with van der Waals surface area (Å²) in [7, 11) is 0. The fourth-order valence-electron chi connectivity index (χ4n) is 2.63. The minimum Gasteiger partial charge on any atom is -0.346 e. The SMILES string of the molecule is NCC(Cn1cc(Br)c2ccccc21)c1ccccc1. The molecule has 1 aromatic heterocycles. The van der Waals surface area contributed by atoms with Crippen LogP contribution in [0.1, 0.15) is 11.5 Å². The van der Waals surface area contributed by atoms with E-state index in [9.17, 15) is 0 Å². The first-order chi connectivity index (χ1) is 9.79. The lowest BCUT2D eigenvalue weighted by molar-refractivity contribution is 0.580. The van der Waals surface area contributed by atoms with Crippen LogP contribution in [0.3, 0.4) is 0 Å². The molecule has 0 saturated carbocycles. The molecule has 102 valence electrons. The average Bonchev–Trinajstić information content (AvgIpc) is 2.82. The first-order valence-corrected chi connectivity index (χ1v) is 7.57. The van der Waals surface area contributed by atoms with Crippen LogP contribution >= 0.6 is 15.9 Å². The predicted molar refractivity (Wildman–Crippen MR) is 87.9 cm³/mol. The van der Waals surface area contributed by atoms with Gasteiger partial charge in [0.15, 0.2) is 0 Å². The number of benzene rings is 2. The molecule has 2 aromatic carbocycles. The second kappa shape index (κ2) is 5.81. The quantitative estimate of drug-likeness (QED) is 0.766. The molecule has 1 heterocycles. The summed E-state index contributed by atoms with van der Waals surface area (Å²) in [5, 5.41) is 1.25. The van der Waals surface area contributed by atoms with Crippen molar-refractivity contribution in [3.05, 3.63) is 70.8 Å². The zero-order valence-electron chi connectivity index (χ0n) is 11.2. The highest BCUT2D eigenvalue weighted by molar-refractivity contribution is 9.10. The van der Waals surface area contributed by atoms with E-state index in [0.29, 0.717) is 12.5 Å². The molecule has 0 aliphatic rings. The van der Waals surface area contributed by atoms with Crippen LogP contribution in [0.15, 0.2) is 65.3 Å². The van der Waals surface area contributed by atoms with Crippen LogP contribution in [0.25, 0.3) is 10.9 Å². The first kappa shape index (κ1) is 13.4. The van der Waals surface area contributed by atoms with Crippen LogP contribution in [-0.4, -0.2) is 11.1 Å². The number of hydrogen-bond donors (Lipinski definition) is 1.